The molecule has 0 bridgehead atoms. The molecule has 5 nitrogen and oxygen atoms in total. The molecule has 1 aliphatic heterocycles. The van der Waals surface area contributed by atoms with Crippen molar-refractivity contribution in [3.63, 3.8) is 0 Å². The van der Waals surface area contributed by atoms with E-state index in [2.05, 4.69) is 10.0 Å². The predicted molar refractivity (Wildman–Crippen MR) is 79.5 cm³/mol. The third-order valence-corrected chi connectivity index (χ3v) is 4.76. The fourth-order valence-corrected chi connectivity index (χ4v) is 3.44. The SMILES string of the molecule is CCOC(C)CNS(=O)(=O)c1ccc2c(c1)CCCN2. The molecule has 0 spiro atoms. The van der Waals surface area contributed by atoms with Crippen molar-refractivity contribution in [2.75, 3.05) is 25.0 Å². The van der Waals surface area contributed by atoms with E-state index in [1.54, 1.807) is 12.1 Å². The minimum Gasteiger partial charge on any atom is -0.385 e. The van der Waals surface area contributed by atoms with Crippen LogP contribution in [0.5, 0.6) is 0 Å². The van der Waals surface area contributed by atoms with Crippen molar-refractivity contribution in [2.45, 2.75) is 37.7 Å². The lowest BCUT2D eigenvalue weighted by Crippen LogP contribution is -2.32. The highest BCUT2D eigenvalue weighted by atomic mass is 32.2. The molecule has 1 aromatic carbocycles. The molecule has 2 rings (SSSR count). The van der Waals surface area contributed by atoms with Crippen LogP contribution < -0.4 is 10.0 Å². The zero-order valence-electron chi connectivity index (χ0n) is 12.0. The summed E-state index contributed by atoms with van der Waals surface area (Å²) in [6, 6.07) is 5.25. The standard InChI is InChI=1S/C14H22N2O3S/c1-3-19-11(2)10-16-20(17,18)13-6-7-14-12(9-13)5-4-8-15-14/h6-7,9,11,15-16H,3-5,8,10H2,1-2H3. The van der Waals surface area contributed by atoms with Crippen LogP contribution in [-0.2, 0) is 21.2 Å². The van der Waals surface area contributed by atoms with Crippen LogP contribution in [0.2, 0.25) is 0 Å². The third-order valence-electron chi connectivity index (χ3n) is 3.34. The van der Waals surface area contributed by atoms with Gasteiger partial charge in [-0.3, -0.25) is 0 Å². The summed E-state index contributed by atoms with van der Waals surface area (Å²) >= 11 is 0. The van der Waals surface area contributed by atoms with E-state index in [-0.39, 0.29) is 12.6 Å². The summed E-state index contributed by atoms with van der Waals surface area (Å²) in [5, 5.41) is 3.27. The second-order valence-corrected chi connectivity index (χ2v) is 6.73. The largest absolute Gasteiger partial charge is 0.385 e. The van der Waals surface area contributed by atoms with Crippen molar-refractivity contribution in [2.24, 2.45) is 0 Å². The number of rotatable bonds is 6. The first kappa shape index (κ1) is 15.3. The van der Waals surface area contributed by atoms with Gasteiger partial charge in [-0.25, -0.2) is 13.1 Å². The molecule has 0 amide bonds. The van der Waals surface area contributed by atoms with Crippen molar-refractivity contribution >= 4 is 15.7 Å². The second-order valence-electron chi connectivity index (χ2n) is 4.97. The van der Waals surface area contributed by atoms with Gasteiger partial charge in [0.1, 0.15) is 0 Å². The van der Waals surface area contributed by atoms with Gasteiger partial charge >= 0.3 is 0 Å². The number of anilines is 1. The molecule has 0 fully saturated rings. The number of aryl methyl sites for hydroxylation is 1. The molecule has 1 heterocycles. The van der Waals surface area contributed by atoms with Crippen molar-refractivity contribution < 1.29 is 13.2 Å². The average Bonchev–Trinajstić information content (AvgIpc) is 2.45. The molecule has 1 atom stereocenters. The number of hydrogen-bond donors (Lipinski definition) is 2. The van der Waals surface area contributed by atoms with E-state index in [9.17, 15) is 8.42 Å². The van der Waals surface area contributed by atoms with Gasteiger partial charge in [-0.2, -0.15) is 0 Å². The monoisotopic (exact) mass is 298 g/mol. The summed E-state index contributed by atoms with van der Waals surface area (Å²) in [7, 11) is -3.46. The minimum atomic E-state index is -3.46. The van der Waals surface area contributed by atoms with E-state index in [0.717, 1.165) is 30.6 Å². The van der Waals surface area contributed by atoms with Crippen LogP contribution in [0.3, 0.4) is 0 Å². The first-order valence-corrected chi connectivity index (χ1v) is 8.49. The minimum absolute atomic E-state index is 0.130. The fraction of sp³-hybridized carbons (Fsp3) is 0.571. The van der Waals surface area contributed by atoms with E-state index in [4.69, 9.17) is 4.74 Å². The molecule has 0 aliphatic carbocycles. The highest BCUT2D eigenvalue weighted by Gasteiger charge is 2.18. The summed E-state index contributed by atoms with van der Waals surface area (Å²) in [6.45, 7) is 5.55. The zero-order chi connectivity index (χ0) is 14.6. The molecule has 0 radical (unpaired) electrons. The molecular weight excluding hydrogens is 276 g/mol. The quantitative estimate of drug-likeness (QED) is 0.839. The maximum absolute atomic E-state index is 12.2. The normalized spacial score (nSPS) is 16.3. The van der Waals surface area contributed by atoms with E-state index in [1.165, 1.54) is 0 Å². The first-order valence-electron chi connectivity index (χ1n) is 7.01. The predicted octanol–water partition coefficient (Wildman–Crippen LogP) is 1.75. The lowest BCUT2D eigenvalue weighted by atomic mass is 10.0. The Morgan fingerprint density at radius 3 is 3.00 bits per heavy atom. The van der Waals surface area contributed by atoms with Gasteiger partial charge in [0.05, 0.1) is 11.0 Å². The summed E-state index contributed by atoms with van der Waals surface area (Å²) in [4.78, 5) is 0.323. The molecule has 112 valence electrons. The van der Waals surface area contributed by atoms with Crippen LogP contribution in [0.15, 0.2) is 23.1 Å². The number of hydrogen-bond acceptors (Lipinski definition) is 4. The Hall–Kier alpha value is -1.11. The van der Waals surface area contributed by atoms with Crippen LogP contribution in [0.25, 0.3) is 0 Å². The number of nitrogens with one attached hydrogen (secondary N) is 2. The van der Waals surface area contributed by atoms with Crippen LogP contribution in [0.1, 0.15) is 25.8 Å². The zero-order valence-corrected chi connectivity index (χ0v) is 12.8. The van der Waals surface area contributed by atoms with E-state index >= 15 is 0 Å². The number of sulfonamides is 1. The van der Waals surface area contributed by atoms with Gasteiger partial charge in [0.25, 0.3) is 0 Å². The Kier molecular flexibility index (Phi) is 5.01. The maximum Gasteiger partial charge on any atom is 0.240 e. The molecule has 0 saturated carbocycles. The Morgan fingerprint density at radius 2 is 2.25 bits per heavy atom. The maximum atomic E-state index is 12.2. The number of ether oxygens (including phenoxy) is 1. The summed E-state index contributed by atoms with van der Waals surface area (Å²) in [6.07, 6.45) is 1.82. The molecule has 2 N–H and O–H groups in total. The molecule has 0 saturated heterocycles. The molecule has 6 heteroatoms. The van der Waals surface area contributed by atoms with E-state index in [1.807, 2.05) is 19.9 Å². The highest BCUT2D eigenvalue weighted by Crippen LogP contribution is 2.24. The lowest BCUT2D eigenvalue weighted by Gasteiger charge is -2.19. The van der Waals surface area contributed by atoms with Gasteiger partial charge in [-0.15, -0.1) is 0 Å². The molecule has 20 heavy (non-hydrogen) atoms. The Labute approximate surface area is 120 Å². The van der Waals surface area contributed by atoms with Crippen LogP contribution in [-0.4, -0.2) is 34.2 Å². The van der Waals surface area contributed by atoms with Crippen molar-refractivity contribution in [3.8, 4) is 0 Å². The van der Waals surface area contributed by atoms with E-state index < -0.39 is 10.0 Å². The van der Waals surface area contributed by atoms with Gasteiger partial charge in [-0.1, -0.05) is 0 Å². The Balaban J connectivity index is 2.09. The van der Waals surface area contributed by atoms with Gasteiger partial charge < -0.3 is 10.1 Å². The van der Waals surface area contributed by atoms with Gasteiger partial charge in [0.2, 0.25) is 10.0 Å². The first-order chi connectivity index (χ1) is 9.53. The second kappa shape index (κ2) is 6.56. The third kappa shape index (κ3) is 3.71. The van der Waals surface area contributed by atoms with Gasteiger partial charge in [-0.05, 0) is 50.5 Å². The Bertz CT molecular complexity index is 558. The number of benzene rings is 1. The topological polar surface area (TPSA) is 67.4 Å². The smallest absolute Gasteiger partial charge is 0.240 e. The average molecular weight is 298 g/mol. The van der Waals surface area contributed by atoms with Crippen molar-refractivity contribution in [3.05, 3.63) is 23.8 Å². The Morgan fingerprint density at radius 1 is 1.45 bits per heavy atom. The fourth-order valence-electron chi connectivity index (χ4n) is 2.27. The molecule has 0 aromatic heterocycles. The lowest BCUT2D eigenvalue weighted by molar-refractivity contribution is 0.0799. The van der Waals surface area contributed by atoms with Gasteiger partial charge in [0, 0.05) is 25.4 Å². The molecule has 1 aliphatic rings. The summed E-state index contributed by atoms with van der Waals surface area (Å²) < 4.78 is 32.4. The number of fused-ring (bicyclic) bond motifs is 1. The van der Waals surface area contributed by atoms with Gasteiger partial charge in [0.15, 0.2) is 0 Å². The van der Waals surface area contributed by atoms with Crippen LogP contribution in [0.4, 0.5) is 5.69 Å². The molecule has 1 aromatic rings. The summed E-state index contributed by atoms with van der Waals surface area (Å²) in [5.74, 6) is 0. The van der Waals surface area contributed by atoms with Crippen LogP contribution >= 0.6 is 0 Å². The van der Waals surface area contributed by atoms with E-state index in [0.29, 0.717) is 11.5 Å². The molecule has 1 unspecified atom stereocenters. The highest BCUT2D eigenvalue weighted by molar-refractivity contribution is 7.89. The summed E-state index contributed by atoms with van der Waals surface area (Å²) in [5.41, 5.74) is 2.11. The van der Waals surface area contributed by atoms with Crippen molar-refractivity contribution in [1.29, 1.82) is 0 Å². The van der Waals surface area contributed by atoms with Crippen LogP contribution in [0, 0.1) is 0 Å². The molecular formula is C14H22N2O3S. The van der Waals surface area contributed by atoms with Crippen molar-refractivity contribution in [1.82, 2.24) is 4.72 Å².